The zero-order valence-electron chi connectivity index (χ0n) is 19.9. The Hall–Kier alpha value is -4.71. The molecule has 3 aromatic heterocycles. The number of benzene rings is 1. The van der Waals surface area contributed by atoms with E-state index >= 15 is 0 Å². The summed E-state index contributed by atoms with van der Waals surface area (Å²) in [5.41, 5.74) is 4.74. The fourth-order valence-electron chi connectivity index (χ4n) is 3.84. The number of hydrogen-bond acceptors (Lipinski definition) is 6. The standard InChI is InChI=1S/C26H24N6O3/c1-16-12-17(2)32(30-16)23-11-10-20(14-28-23)26(34)35-15-24(33)29-25-22(13-27)18(3)19(4)31(25)21-8-6-5-7-9-21/h5-12,14H,15H2,1-4H3,(H,29,33). The first-order valence-corrected chi connectivity index (χ1v) is 10.9. The van der Waals surface area contributed by atoms with Gasteiger partial charge in [-0.25, -0.2) is 14.5 Å². The number of para-hydroxylation sites is 1. The summed E-state index contributed by atoms with van der Waals surface area (Å²) >= 11 is 0. The molecule has 0 saturated heterocycles. The fourth-order valence-corrected chi connectivity index (χ4v) is 3.84. The Balaban J connectivity index is 1.46. The second kappa shape index (κ2) is 9.65. The van der Waals surface area contributed by atoms with Crippen LogP contribution in [0.15, 0.2) is 54.7 Å². The van der Waals surface area contributed by atoms with E-state index in [1.165, 1.54) is 6.20 Å². The van der Waals surface area contributed by atoms with E-state index in [-0.39, 0.29) is 5.56 Å². The Labute approximate surface area is 202 Å². The van der Waals surface area contributed by atoms with Gasteiger partial charge in [0.05, 0.1) is 16.8 Å². The van der Waals surface area contributed by atoms with Crippen LogP contribution in [0.4, 0.5) is 5.82 Å². The molecule has 4 aromatic rings. The first kappa shape index (κ1) is 23.4. The predicted octanol–water partition coefficient (Wildman–Crippen LogP) is 3.96. The minimum absolute atomic E-state index is 0.208. The van der Waals surface area contributed by atoms with Crippen molar-refractivity contribution in [1.29, 1.82) is 5.26 Å². The lowest BCUT2D eigenvalue weighted by atomic mass is 10.2. The van der Waals surface area contributed by atoms with Gasteiger partial charge in [-0.2, -0.15) is 10.4 Å². The van der Waals surface area contributed by atoms with Crippen molar-refractivity contribution in [2.24, 2.45) is 0 Å². The molecule has 1 aromatic carbocycles. The maximum atomic E-state index is 12.7. The lowest BCUT2D eigenvalue weighted by Gasteiger charge is -2.13. The number of carbonyl (C=O) groups excluding carboxylic acids is 2. The van der Waals surface area contributed by atoms with E-state index < -0.39 is 18.5 Å². The summed E-state index contributed by atoms with van der Waals surface area (Å²) in [5, 5.41) is 16.8. The number of anilines is 1. The zero-order chi connectivity index (χ0) is 25.1. The van der Waals surface area contributed by atoms with E-state index in [0.717, 1.165) is 28.3 Å². The number of carbonyl (C=O) groups is 2. The van der Waals surface area contributed by atoms with Crippen LogP contribution < -0.4 is 5.32 Å². The van der Waals surface area contributed by atoms with Crippen LogP contribution in [0.2, 0.25) is 0 Å². The predicted molar refractivity (Wildman–Crippen MR) is 130 cm³/mol. The molecule has 176 valence electrons. The molecule has 0 fully saturated rings. The fraction of sp³-hybridized carbons (Fsp3) is 0.192. The summed E-state index contributed by atoms with van der Waals surface area (Å²) in [6.07, 6.45) is 1.38. The van der Waals surface area contributed by atoms with E-state index in [4.69, 9.17) is 4.74 Å². The number of aromatic nitrogens is 4. The Kier molecular flexibility index (Phi) is 6.46. The van der Waals surface area contributed by atoms with Gasteiger partial charge in [-0.1, -0.05) is 18.2 Å². The van der Waals surface area contributed by atoms with Crippen LogP contribution in [0.25, 0.3) is 11.5 Å². The second-order valence-corrected chi connectivity index (χ2v) is 8.09. The molecule has 4 rings (SSSR count). The number of nitriles is 1. The smallest absolute Gasteiger partial charge is 0.340 e. The van der Waals surface area contributed by atoms with E-state index in [2.05, 4.69) is 21.5 Å². The van der Waals surface area contributed by atoms with Crippen molar-refractivity contribution in [3.05, 3.63) is 88.5 Å². The average Bonchev–Trinajstić information content (AvgIpc) is 3.32. The van der Waals surface area contributed by atoms with Crippen molar-refractivity contribution in [1.82, 2.24) is 19.3 Å². The molecular formula is C26H24N6O3. The highest BCUT2D eigenvalue weighted by Gasteiger charge is 2.21. The number of pyridine rings is 1. The van der Waals surface area contributed by atoms with Gasteiger partial charge in [-0.3, -0.25) is 9.36 Å². The quantitative estimate of drug-likeness (QED) is 0.429. The first-order chi connectivity index (χ1) is 16.8. The van der Waals surface area contributed by atoms with Crippen LogP contribution in [0, 0.1) is 39.0 Å². The molecule has 0 radical (unpaired) electrons. The molecule has 0 aliphatic rings. The van der Waals surface area contributed by atoms with Crippen molar-refractivity contribution in [2.75, 3.05) is 11.9 Å². The summed E-state index contributed by atoms with van der Waals surface area (Å²) in [6, 6.07) is 16.7. The second-order valence-electron chi connectivity index (χ2n) is 8.09. The van der Waals surface area contributed by atoms with Crippen molar-refractivity contribution in [3.63, 3.8) is 0 Å². The number of aryl methyl sites for hydroxylation is 2. The van der Waals surface area contributed by atoms with E-state index in [1.807, 2.05) is 64.1 Å². The van der Waals surface area contributed by atoms with Crippen molar-refractivity contribution in [3.8, 4) is 17.6 Å². The summed E-state index contributed by atoms with van der Waals surface area (Å²) < 4.78 is 8.66. The summed E-state index contributed by atoms with van der Waals surface area (Å²) in [7, 11) is 0. The number of hydrogen-bond donors (Lipinski definition) is 1. The van der Waals surface area contributed by atoms with Gasteiger partial charge >= 0.3 is 5.97 Å². The lowest BCUT2D eigenvalue weighted by Crippen LogP contribution is -2.23. The molecule has 9 heteroatoms. The molecular weight excluding hydrogens is 444 g/mol. The molecule has 35 heavy (non-hydrogen) atoms. The first-order valence-electron chi connectivity index (χ1n) is 10.9. The van der Waals surface area contributed by atoms with Crippen LogP contribution >= 0.6 is 0 Å². The van der Waals surface area contributed by atoms with Gasteiger partial charge < -0.3 is 10.1 Å². The summed E-state index contributed by atoms with van der Waals surface area (Å²) in [4.78, 5) is 29.4. The number of amides is 1. The Morgan fingerprint density at radius 1 is 1.09 bits per heavy atom. The van der Waals surface area contributed by atoms with Crippen LogP contribution in [0.5, 0.6) is 0 Å². The molecule has 9 nitrogen and oxygen atoms in total. The third-order valence-corrected chi connectivity index (χ3v) is 5.64. The van der Waals surface area contributed by atoms with Gasteiger partial charge in [0.1, 0.15) is 11.9 Å². The molecule has 0 unspecified atom stereocenters. The topological polar surface area (TPSA) is 115 Å². The monoisotopic (exact) mass is 468 g/mol. The molecule has 0 atom stereocenters. The van der Waals surface area contributed by atoms with Gasteiger partial charge in [-0.15, -0.1) is 0 Å². The highest BCUT2D eigenvalue weighted by molar-refractivity contribution is 5.96. The average molecular weight is 469 g/mol. The number of ether oxygens (including phenoxy) is 1. The molecule has 0 aliphatic carbocycles. The van der Waals surface area contributed by atoms with Gasteiger partial charge in [0.25, 0.3) is 5.91 Å². The van der Waals surface area contributed by atoms with Gasteiger partial charge in [-0.05, 0) is 63.6 Å². The number of esters is 1. The minimum Gasteiger partial charge on any atom is -0.452 e. The van der Waals surface area contributed by atoms with Gasteiger partial charge in [0.15, 0.2) is 12.4 Å². The molecule has 3 heterocycles. The highest BCUT2D eigenvalue weighted by Crippen LogP contribution is 2.29. The third kappa shape index (κ3) is 4.68. The van der Waals surface area contributed by atoms with Crippen LogP contribution in [0.1, 0.15) is 38.6 Å². The SMILES string of the molecule is Cc1cc(C)n(-c2ccc(C(=O)OCC(=O)Nc3c(C#N)c(C)c(C)n3-c3ccccc3)cn2)n1. The van der Waals surface area contributed by atoms with Crippen molar-refractivity contribution < 1.29 is 14.3 Å². The van der Waals surface area contributed by atoms with Gasteiger partial charge in [0.2, 0.25) is 0 Å². The molecule has 1 N–H and O–H groups in total. The number of rotatable bonds is 6. The van der Waals surface area contributed by atoms with E-state index in [9.17, 15) is 14.9 Å². The maximum Gasteiger partial charge on any atom is 0.340 e. The summed E-state index contributed by atoms with van der Waals surface area (Å²) in [6.45, 7) is 6.99. The number of nitrogens with zero attached hydrogens (tertiary/aromatic N) is 5. The molecule has 0 bridgehead atoms. The third-order valence-electron chi connectivity index (χ3n) is 5.64. The van der Waals surface area contributed by atoms with Crippen molar-refractivity contribution >= 4 is 17.7 Å². The summed E-state index contributed by atoms with van der Waals surface area (Å²) in [5.74, 6) is -0.331. The van der Waals surface area contributed by atoms with Crippen molar-refractivity contribution in [2.45, 2.75) is 27.7 Å². The molecule has 1 amide bonds. The van der Waals surface area contributed by atoms with Crippen LogP contribution in [-0.2, 0) is 9.53 Å². The van der Waals surface area contributed by atoms with Crippen LogP contribution in [-0.4, -0.2) is 37.8 Å². The van der Waals surface area contributed by atoms with Gasteiger partial charge in [0, 0.05) is 23.3 Å². The van der Waals surface area contributed by atoms with E-state index in [0.29, 0.717) is 17.2 Å². The number of nitrogens with one attached hydrogen (secondary N) is 1. The molecule has 0 saturated carbocycles. The highest BCUT2D eigenvalue weighted by atomic mass is 16.5. The lowest BCUT2D eigenvalue weighted by molar-refractivity contribution is -0.119. The Morgan fingerprint density at radius 2 is 1.83 bits per heavy atom. The maximum absolute atomic E-state index is 12.7. The van der Waals surface area contributed by atoms with Crippen LogP contribution in [0.3, 0.4) is 0 Å². The Morgan fingerprint density at radius 3 is 2.43 bits per heavy atom. The van der Waals surface area contributed by atoms with E-state index in [1.54, 1.807) is 21.4 Å². The largest absolute Gasteiger partial charge is 0.452 e. The molecule has 0 spiro atoms. The normalized spacial score (nSPS) is 10.6. The molecule has 0 aliphatic heterocycles. The zero-order valence-corrected chi connectivity index (χ0v) is 19.9. The Bertz CT molecular complexity index is 1440. The minimum atomic E-state index is -0.682.